The number of nitrogens with one attached hydrogen (secondary N) is 2. The van der Waals surface area contributed by atoms with Gasteiger partial charge in [-0.25, -0.2) is 4.99 Å². The Bertz CT molecular complexity index is 762. The number of likely N-dealkylation sites (tertiary alicyclic amines) is 1. The summed E-state index contributed by atoms with van der Waals surface area (Å²) in [6, 6.07) is 7.89. The lowest BCUT2D eigenvalue weighted by atomic mass is 10.2. The molecule has 1 atom stereocenters. The number of rotatable bonds is 4. The van der Waals surface area contributed by atoms with E-state index in [1.165, 1.54) is 0 Å². The maximum atomic E-state index is 6.19. The molecule has 24 heavy (non-hydrogen) atoms. The fraction of sp³-hybridized carbons (Fsp3) is 0.389. The Morgan fingerprint density at radius 2 is 2.25 bits per heavy atom. The summed E-state index contributed by atoms with van der Waals surface area (Å²) in [6.07, 6.45) is 2.22. The van der Waals surface area contributed by atoms with Crippen molar-refractivity contribution in [2.75, 3.05) is 26.4 Å². The van der Waals surface area contributed by atoms with Crippen LogP contribution >= 0.6 is 11.6 Å². The predicted octanol–water partition coefficient (Wildman–Crippen LogP) is 1.96. The largest absolute Gasteiger partial charge is 0.490 e. The third kappa shape index (κ3) is 2.90. The molecule has 0 aliphatic carbocycles. The van der Waals surface area contributed by atoms with Crippen molar-refractivity contribution in [1.82, 2.24) is 15.5 Å². The number of halogens is 1. The molecule has 3 aliphatic rings. The summed E-state index contributed by atoms with van der Waals surface area (Å²) in [6.45, 7) is 2.82. The average Bonchev–Trinajstić information content (AvgIpc) is 3.21. The number of amidine groups is 1. The van der Waals surface area contributed by atoms with Crippen LogP contribution in [0.5, 0.6) is 5.75 Å². The molecule has 0 saturated carbocycles. The van der Waals surface area contributed by atoms with Crippen LogP contribution in [0.4, 0.5) is 0 Å². The van der Waals surface area contributed by atoms with E-state index in [0.717, 1.165) is 42.4 Å². The standard InChI is InChI=1S/C18H19ClN4O/c19-14-6-1-2-8-16(14)24-11-13-5-4-10-23(13)15-7-3-9-20-18-17(15)21-12-22-18/h1-2,6,8,13,21H,4-5,9-12H2,(H,20,22). The van der Waals surface area contributed by atoms with E-state index in [1.54, 1.807) is 0 Å². The normalized spacial score (nSPS) is 22.0. The second-order valence-corrected chi connectivity index (χ2v) is 6.36. The van der Waals surface area contributed by atoms with Gasteiger partial charge in [0, 0.05) is 6.54 Å². The number of para-hydroxylation sites is 1. The molecule has 0 radical (unpaired) electrons. The Labute approximate surface area is 146 Å². The SMILES string of the molecule is Clc1ccccc1OCC1CCCN1C1=C2NCN=C2NCC#C1. The van der Waals surface area contributed by atoms with Crippen LogP contribution < -0.4 is 15.4 Å². The highest BCUT2D eigenvalue weighted by molar-refractivity contribution is 6.32. The molecule has 1 fully saturated rings. The monoisotopic (exact) mass is 342 g/mol. The molecule has 124 valence electrons. The summed E-state index contributed by atoms with van der Waals surface area (Å²) in [5, 5.41) is 7.24. The fourth-order valence-corrected chi connectivity index (χ4v) is 3.48. The number of aliphatic imine (C=N–C) groups is 1. The zero-order chi connectivity index (χ0) is 16.4. The number of allylic oxidation sites excluding steroid dienone is 1. The lowest BCUT2D eigenvalue weighted by Crippen LogP contribution is -2.36. The van der Waals surface area contributed by atoms with Gasteiger partial charge < -0.3 is 20.3 Å². The molecule has 0 spiro atoms. The first-order valence-corrected chi connectivity index (χ1v) is 8.60. The highest BCUT2D eigenvalue weighted by Gasteiger charge is 2.31. The third-order valence-corrected chi connectivity index (χ3v) is 4.76. The van der Waals surface area contributed by atoms with E-state index in [4.69, 9.17) is 16.3 Å². The molecular formula is C18H19ClN4O. The molecule has 0 amide bonds. The van der Waals surface area contributed by atoms with Crippen LogP contribution in [0.2, 0.25) is 5.02 Å². The lowest BCUT2D eigenvalue weighted by Gasteiger charge is -2.27. The third-order valence-electron chi connectivity index (χ3n) is 4.45. The summed E-state index contributed by atoms with van der Waals surface area (Å²) < 4.78 is 5.97. The molecule has 0 bridgehead atoms. The minimum absolute atomic E-state index is 0.292. The Kier molecular flexibility index (Phi) is 4.22. The van der Waals surface area contributed by atoms with Crippen LogP contribution in [-0.2, 0) is 0 Å². The number of nitrogens with zero attached hydrogens (tertiary/aromatic N) is 2. The van der Waals surface area contributed by atoms with Crippen LogP contribution in [0.1, 0.15) is 12.8 Å². The van der Waals surface area contributed by atoms with Crippen molar-refractivity contribution in [3.05, 3.63) is 40.7 Å². The van der Waals surface area contributed by atoms with E-state index in [0.29, 0.717) is 30.9 Å². The van der Waals surface area contributed by atoms with Gasteiger partial charge in [0.1, 0.15) is 36.3 Å². The van der Waals surface area contributed by atoms with Gasteiger partial charge in [0.25, 0.3) is 0 Å². The Morgan fingerprint density at radius 3 is 3.17 bits per heavy atom. The van der Waals surface area contributed by atoms with Gasteiger partial charge in [-0.05, 0) is 30.9 Å². The van der Waals surface area contributed by atoms with Gasteiger partial charge in [-0.2, -0.15) is 0 Å². The van der Waals surface area contributed by atoms with Gasteiger partial charge in [-0.3, -0.25) is 0 Å². The van der Waals surface area contributed by atoms with Gasteiger partial charge >= 0.3 is 0 Å². The molecule has 1 saturated heterocycles. The van der Waals surface area contributed by atoms with E-state index >= 15 is 0 Å². The maximum Gasteiger partial charge on any atom is 0.150 e. The zero-order valence-electron chi connectivity index (χ0n) is 13.3. The summed E-state index contributed by atoms with van der Waals surface area (Å²) in [5.74, 6) is 8.10. The highest BCUT2D eigenvalue weighted by Crippen LogP contribution is 2.28. The molecular weight excluding hydrogens is 324 g/mol. The smallest absolute Gasteiger partial charge is 0.150 e. The molecule has 4 rings (SSSR count). The summed E-state index contributed by atoms with van der Waals surface area (Å²) in [5.41, 5.74) is 2.05. The number of benzene rings is 1. The molecule has 5 nitrogen and oxygen atoms in total. The van der Waals surface area contributed by atoms with Crippen molar-refractivity contribution in [2.45, 2.75) is 18.9 Å². The van der Waals surface area contributed by atoms with Crippen molar-refractivity contribution in [1.29, 1.82) is 0 Å². The van der Waals surface area contributed by atoms with Crippen LogP contribution in [0.15, 0.2) is 40.7 Å². The van der Waals surface area contributed by atoms with Gasteiger partial charge in [0.05, 0.1) is 17.6 Å². The van der Waals surface area contributed by atoms with Gasteiger partial charge in [-0.15, -0.1) is 0 Å². The Hall–Kier alpha value is -2.32. The number of fused-ring (bicyclic) bond motifs is 1. The number of hydrogen-bond donors (Lipinski definition) is 2. The van der Waals surface area contributed by atoms with Crippen molar-refractivity contribution >= 4 is 17.4 Å². The molecule has 1 aromatic rings. The van der Waals surface area contributed by atoms with Crippen LogP contribution in [-0.4, -0.2) is 43.1 Å². The molecule has 3 aliphatic heterocycles. The summed E-state index contributed by atoms with van der Waals surface area (Å²) >= 11 is 6.19. The first-order chi connectivity index (χ1) is 11.8. The second-order valence-electron chi connectivity index (χ2n) is 5.95. The van der Waals surface area contributed by atoms with Gasteiger partial charge in [0.2, 0.25) is 0 Å². The molecule has 6 heteroatoms. The number of hydrogen-bond acceptors (Lipinski definition) is 5. The quantitative estimate of drug-likeness (QED) is 0.821. The first kappa shape index (κ1) is 15.2. The highest BCUT2D eigenvalue weighted by atomic mass is 35.5. The zero-order valence-corrected chi connectivity index (χ0v) is 14.1. The van der Waals surface area contributed by atoms with Gasteiger partial charge in [0.15, 0.2) is 0 Å². The minimum Gasteiger partial charge on any atom is -0.490 e. The Balaban J connectivity index is 1.53. The second kappa shape index (κ2) is 6.66. The van der Waals surface area contributed by atoms with Gasteiger partial charge in [-0.1, -0.05) is 29.7 Å². The molecule has 2 N–H and O–H groups in total. The van der Waals surface area contributed by atoms with Crippen molar-refractivity contribution in [2.24, 2.45) is 4.99 Å². The van der Waals surface area contributed by atoms with E-state index in [-0.39, 0.29) is 0 Å². The predicted molar refractivity (Wildman–Crippen MR) is 94.9 cm³/mol. The molecule has 3 heterocycles. The van der Waals surface area contributed by atoms with Crippen LogP contribution in [0.3, 0.4) is 0 Å². The topological polar surface area (TPSA) is 48.9 Å². The lowest BCUT2D eigenvalue weighted by molar-refractivity contribution is 0.206. The first-order valence-electron chi connectivity index (χ1n) is 8.22. The number of ether oxygens (including phenoxy) is 1. The van der Waals surface area contributed by atoms with E-state index in [1.807, 2.05) is 24.3 Å². The summed E-state index contributed by atoms with van der Waals surface area (Å²) in [7, 11) is 0. The molecule has 1 aromatic carbocycles. The van der Waals surface area contributed by atoms with E-state index in [9.17, 15) is 0 Å². The molecule has 1 unspecified atom stereocenters. The average molecular weight is 343 g/mol. The minimum atomic E-state index is 0.292. The van der Waals surface area contributed by atoms with Crippen LogP contribution in [0, 0.1) is 11.8 Å². The van der Waals surface area contributed by atoms with Crippen molar-refractivity contribution < 1.29 is 4.74 Å². The molecule has 0 aromatic heterocycles. The van der Waals surface area contributed by atoms with Crippen molar-refractivity contribution in [3.63, 3.8) is 0 Å². The van der Waals surface area contributed by atoms with Crippen LogP contribution in [0.25, 0.3) is 0 Å². The van der Waals surface area contributed by atoms with E-state index in [2.05, 4.69) is 32.4 Å². The van der Waals surface area contributed by atoms with Crippen molar-refractivity contribution in [3.8, 4) is 17.6 Å². The Morgan fingerprint density at radius 1 is 1.33 bits per heavy atom. The van der Waals surface area contributed by atoms with E-state index < -0.39 is 0 Å². The fourth-order valence-electron chi connectivity index (χ4n) is 3.29. The summed E-state index contributed by atoms with van der Waals surface area (Å²) in [4.78, 5) is 6.80. The maximum absolute atomic E-state index is 6.19.